The first kappa shape index (κ1) is 36.9. The van der Waals surface area contributed by atoms with E-state index in [0.717, 1.165) is 9.80 Å². The van der Waals surface area contributed by atoms with Crippen LogP contribution in [0.3, 0.4) is 0 Å². The van der Waals surface area contributed by atoms with Crippen molar-refractivity contribution in [2.45, 2.75) is 12.5 Å². The highest BCUT2D eigenvalue weighted by molar-refractivity contribution is 14.1. The van der Waals surface area contributed by atoms with Crippen LogP contribution in [-0.2, 0) is 30.4 Å². The van der Waals surface area contributed by atoms with Crippen LogP contribution in [0.15, 0.2) is 36.4 Å². The number of halogens is 2. The number of benzene rings is 2. The SMILES string of the molecule is O=C(O)CN(CCN(CCN(CC(=O)O)CC(=O)O)C(Cc1cc(I)c(Oc2ccc(O)cc2)c(I)c1)C(=O)O)CC(=O)O. The average Bonchev–Trinajstić information content (AvgIpc) is 2.89. The molecule has 0 aliphatic rings. The molecule has 2 rings (SSSR count). The number of hydrogen-bond acceptors (Lipinski definition) is 10. The molecule has 1 atom stereocenters. The van der Waals surface area contributed by atoms with Crippen molar-refractivity contribution >= 4 is 75.0 Å². The van der Waals surface area contributed by atoms with Crippen molar-refractivity contribution in [2.75, 3.05) is 52.4 Å². The van der Waals surface area contributed by atoms with E-state index in [0.29, 0.717) is 24.2 Å². The van der Waals surface area contributed by atoms with Gasteiger partial charge < -0.3 is 35.4 Å². The van der Waals surface area contributed by atoms with Gasteiger partial charge in [-0.05, 0) is 93.6 Å². The number of carboxylic acids is 5. The Bertz CT molecular complexity index is 1250. The van der Waals surface area contributed by atoms with Gasteiger partial charge in [-0.1, -0.05) is 0 Å². The Labute approximate surface area is 278 Å². The van der Waals surface area contributed by atoms with E-state index in [1.165, 1.54) is 17.0 Å². The number of nitrogens with zero attached hydrogens (tertiary/aromatic N) is 3. The summed E-state index contributed by atoms with van der Waals surface area (Å²) >= 11 is 4.09. The summed E-state index contributed by atoms with van der Waals surface area (Å²) in [6.07, 6.45) is -0.0451. The van der Waals surface area contributed by atoms with Crippen molar-refractivity contribution in [3.8, 4) is 17.2 Å². The maximum atomic E-state index is 12.6. The Balaban J connectivity index is 2.36. The van der Waals surface area contributed by atoms with Gasteiger partial charge in [-0.25, -0.2) is 0 Å². The predicted octanol–water partition coefficient (Wildman–Crippen LogP) is 1.63. The van der Waals surface area contributed by atoms with Crippen molar-refractivity contribution < 1.29 is 59.3 Å². The van der Waals surface area contributed by atoms with Crippen LogP contribution >= 0.6 is 45.2 Å². The van der Waals surface area contributed by atoms with Gasteiger partial charge in [-0.3, -0.25) is 38.7 Å². The van der Waals surface area contributed by atoms with E-state index < -0.39 is 62.1 Å². The van der Waals surface area contributed by atoms with Gasteiger partial charge in [-0.2, -0.15) is 0 Å². The zero-order valence-corrected chi connectivity index (χ0v) is 27.5. The summed E-state index contributed by atoms with van der Waals surface area (Å²) in [5, 5.41) is 56.5. The minimum absolute atomic E-state index is 0.0451. The van der Waals surface area contributed by atoms with E-state index in [-0.39, 0.29) is 38.3 Å². The molecule has 0 fully saturated rings. The van der Waals surface area contributed by atoms with E-state index in [2.05, 4.69) is 0 Å². The molecule has 0 saturated carbocycles. The largest absolute Gasteiger partial charge is 0.508 e. The molecule has 0 amide bonds. The number of aromatic hydroxyl groups is 1. The second-order valence-electron chi connectivity index (χ2n) is 9.57. The molecule has 0 spiro atoms. The number of ether oxygens (including phenoxy) is 1. The average molecular weight is 843 g/mol. The second-order valence-corrected chi connectivity index (χ2v) is 11.9. The lowest BCUT2D eigenvalue weighted by Gasteiger charge is -2.32. The molecule has 0 aliphatic carbocycles. The van der Waals surface area contributed by atoms with Crippen LogP contribution in [0.2, 0.25) is 0 Å². The second kappa shape index (κ2) is 17.9. The monoisotopic (exact) mass is 843 g/mol. The maximum Gasteiger partial charge on any atom is 0.321 e. The van der Waals surface area contributed by atoms with Crippen molar-refractivity contribution in [1.29, 1.82) is 0 Å². The van der Waals surface area contributed by atoms with Crippen molar-refractivity contribution in [2.24, 2.45) is 0 Å². The minimum atomic E-state index is -1.28. The van der Waals surface area contributed by atoms with Crippen molar-refractivity contribution in [3.05, 3.63) is 49.1 Å². The third kappa shape index (κ3) is 13.2. The summed E-state index contributed by atoms with van der Waals surface area (Å²) in [5.41, 5.74) is 0.607. The van der Waals surface area contributed by atoms with Gasteiger partial charge in [0.2, 0.25) is 0 Å². The van der Waals surface area contributed by atoms with E-state index in [1.54, 1.807) is 24.3 Å². The number of rotatable bonds is 20. The Morgan fingerprint density at radius 3 is 1.45 bits per heavy atom. The van der Waals surface area contributed by atoms with Crippen LogP contribution in [0, 0.1) is 7.14 Å². The fourth-order valence-electron chi connectivity index (χ4n) is 4.21. The molecule has 0 aromatic heterocycles. The molecule has 0 bridgehead atoms. The molecule has 0 saturated heterocycles. The lowest BCUT2D eigenvalue weighted by atomic mass is 10.0. The molecule has 1 unspecified atom stereocenters. The van der Waals surface area contributed by atoms with E-state index in [4.69, 9.17) is 4.74 Å². The Kier molecular flexibility index (Phi) is 15.0. The van der Waals surface area contributed by atoms with Crippen LogP contribution < -0.4 is 4.74 Å². The minimum Gasteiger partial charge on any atom is -0.508 e. The summed E-state index contributed by atoms with van der Waals surface area (Å²) in [5.74, 6) is -5.29. The third-order valence-corrected chi connectivity index (χ3v) is 7.71. The molecular weight excluding hydrogens is 812 g/mol. The molecule has 0 heterocycles. The molecule has 240 valence electrons. The summed E-state index contributed by atoms with van der Waals surface area (Å²) < 4.78 is 7.28. The first-order valence-corrected chi connectivity index (χ1v) is 15.0. The standard InChI is InChI=1S/C27H31I2N3O12/c28-19-9-16(10-20(29)26(19)44-18-3-1-17(33)2-4-18)11-21(27(42)43)32(7-5-30(12-22(34)35)13-23(36)37)8-6-31(14-24(38)39)15-25(40)41/h1-4,9-10,21,33H,5-8,11-15H2,(H,34,35)(H,36,37)(H,38,39)(H,40,41)(H,42,43). The predicted molar refractivity (Wildman–Crippen MR) is 170 cm³/mol. The van der Waals surface area contributed by atoms with E-state index in [9.17, 15) is 54.6 Å². The van der Waals surface area contributed by atoms with E-state index in [1.807, 2.05) is 45.2 Å². The summed E-state index contributed by atoms with van der Waals surface area (Å²) in [6, 6.07) is 8.35. The Hall–Kier alpha value is -3.27. The highest BCUT2D eigenvalue weighted by atomic mass is 127. The van der Waals surface area contributed by atoms with Gasteiger partial charge >= 0.3 is 29.8 Å². The lowest BCUT2D eigenvalue weighted by Crippen LogP contribution is -2.50. The molecule has 17 heteroatoms. The smallest absolute Gasteiger partial charge is 0.321 e. The molecule has 44 heavy (non-hydrogen) atoms. The number of carboxylic acid groups (broad SMARTS) is 5. The molecule has 2 aromatic rings. The fourth-order valence-corrected chi connectivity index (χ4v) is 6.33. The van der Waals surface area contributed by atoms with Gasteiger partial charge in [0, 0.05) is 26.2 Å². The summed E-state index contributed by atoms with van der Waals surface area (Å²) in [7, 11) is 0. The van der Waals surface area contributed by atoms with Crippen LogP contribution in [0.5, 0.6) is 17.2 Å². The first-order chi connectivity index (χ1) is 20.6. The molecule has 0 radical (unpaired) electrons. The topological polar surface area (TPSA) is 226 Å². The molecule has 15 nitrogen and oxygen atoms in total. The maximum absolute atomic E-state index is 12.6. The quantitative estimate of drug-likeness (QED) is 0.104. The van der Waals surface area contributed by atoms with Gasteiger partial charge in [0.15, 0.2) is 5.75 Å². The summed E-state index contributed by atoms with van der Waals surface area (Å²) in [4.78, 5) is 61.3. The zero-order chi connectivity index (χ0) is 33.0. The normalized spacial score (nSPS) is 11.9. The van der Waals surface area contributed by atoms with E-state index >= 15 is 0 Å². The van der Waals surface area contributed by atoms with Gasteiger partial charge in [-0.15, -0.1) is 0 Å². The van der Waals surface area contributed by atoms with Gasteiger partial charge in [0.1, 0.15) is 17.5 Å². The number of carbonyl (C=O) groups is 5. The molecule has 0 aliphatic heterocycles. The van der Waals surface area contributed by atoms with Crippen LogP contribution in [-0.4, -0.2) is 134 Å². The van der Waals surface area contributed by atoms with Crippen LogP contribution in [0.25, 0.3) is 0 Å². The zero-order valence-electron chi connectivity index (χ0n) is 23.1. The van der Waals surface area contributed by atoms with Crippen molar-refractivity contribution in [1.82, 2.24) is 14.7 Å². The van der Waals surface area contributed by atoms with Crippen LogP contribution in [0.1, 0.15) is 5.56 Å². The molecule has 6 N–H and O–H groups in total. The fraction of sp³-hybridized carbons (Fsp3) is 0.370. The summed E-state index contributed by atoms with van der Waals surface area (Å²) in [6.45, 7) is -2.95. The lowest BCUT2D eigenvalue weighted by molar-refractivity contribution is -0.146. The third-order valence-electron chi connectivity index (χ3n) is 6.11. The number of hydrogen-bond donors (Lipinski definition) is 6. The number of phenolic OH excluding ortho intramolecular Hbond substituents is 1. The molecule has 2 aromatic carbocycles. The van der Waals surface area contributed by atoms with Gasteiger partial charge in [0.05, 0.1) is 33.3 Å². The number of aliphatic carboxylic acids is 5. The van der Waals surface area contributed by atoms with Crippen molar-refractivity contribution in [3.63, 3.8) is 0 Å². The molecular formula is C27H31I2N3O12. The Morgan fingerprint density at radius 1 is 0.682 bits per heavy atom. The highest BCUT2D eigenvalue weighted by Gasteiger charge is 2.29. The number of phenols is 1. The highest BCUT2D eigenvalue weighted by Crippen LogP contribution is 2.34. The van der Waals surface area contributed by atoms with Gasteiger partial charge in [0.25, 0.3) is 0 Å². The first-order valence-electron chi connectivity index (χ1n) is 12.9. The van der Waals surface area contributed by atoms with Crippen LogP contribution in [0.4, 0.5) is 0 Å². The Morgan fingerprint density at radius 2 is 1.09 bits per heavy atom.